The van der Waals surface area contributed by atoms with Crippen LogP contribution in [-0.2, 0) is 4.79 Å². The number of carbonyl (C=O) groups is 4. The Hall–Kier alpha value is -3.48. The van der Waals surface area contributed by atoms with E-state index in [9.17, 15) is 19.2 Å². The van der Waals surface area contributed by atoms with Gasteiger partial charge in [-0.2, -0.15) is 0 Å². The standard InChI is InChI=1S/C24H25N3O4/c1-15-7-3-4-8-18(15)22(29)26-13-11-17(12-14-26)25-21(28)16(2)27-23(30)19-9-5-6-10-20(19)24(27)31/h3-10,16-17H,11-14H2,1-2H3,(H,25,28). The molecular weight excluding hydrogens is 394 g/mol. The molecule has 1 unspecified atom stereocenters. The van der Waals surface area contributed by atoms with Gasteiger partial charge < -0.3 is 10.2 Å². The minimum Gasteiger partial charge on any atom is -0.351 e. The van der Waals surface area contributed by atoms with E-state index in [1.54, 1.807) is 36.1 Å². The molecule has 0 spiro atoms. The average Bonchev–Trinajstić information content (AvgIpc) is 3.04. The number of aryl methyl sites for hydroxylation is 1. The van der Waals surface area contributed by atoms with Gasteiger partial charge in [0.15, 0.2) is 0 Å². The van der Waals surface area contributed by atoms with Crippen molar-refractivity contribution in [1.29, 1.82) is 0 Å². The van der Waals surface area contributed by atoms with Crippen LogP contribution < -0.4 is 5.32 Å². The molecule has 2 aliphatic heterocycles. The van der Waals surface area contributed by atoms with Gasteiger partial charge in [0.05, 0.1) is 11.1 Å². The fourth-order valence-electron chi connectivity index (χ4n) is 4.21. The predicted octanol–water partition coefficient (Wildman–Crippen LogP) is 2.40. The van der Waals surface area contributed by atoms with Crippen LogP contribution in [0.4, 0.5) is 0 Å². The number of hydrogen-bond donors (Lipinski definition) is 1. The lowest BCUT2D eigenvalue weighted by Crippen LogP contribution is -2.53. The fourth-order valence-corrected chi connectivity index (χ4v) is 4.21. The smallest absolute Gasteiger partial charge is 0.262 e. The summed E-state index contributed by atoms with van der Waals surface area (Å²) in [6, 6.07) is 13.1. The van der Waals surface area contributed by atoms with E-state index in [2.05, 4.69) is 5.32 Å². The molecule has 1 fully saturated rings. The summed E-state index contributed by atoms with van der Waals surface area (Å²) in [5, 5.41) is 2.95. The van der Waals surface area contributed by atoms with Gasteiger partial charge in [-0.05, 0) is 50.5 Å². The van der Waals surface area contributed by atoms with Crippen molar-refractivity contribution < 1.29 is 19.2 Å². The Kier molecular flexibility index (Phi) is 5.59. The minimum atomic E-state index is -0.904. The molecule has 4 amide bonds. The molecule has 2 aromatic carbocycles. The molecule has 0 radical (unpaired) electrons. The monoisotopic (exact) mass is 419 g/mol. The molecule has 2 heterocycles. The highest BCUT2D eigenvalue weighted by atomic mass is 16.2. The van der Waals surface area contributed by atoms with Crippen molar-refractivity contribution >= 4 is 23.6 Å². The number of hydrogen-bond acceptors (Lipinski definition) is 4. The highest BCUT2D eigenvalue weighted by molar-refractivity contribution is 6.22. The van der Waals surface area contributed by atoms with Crippen LogP contribution in [0, 0.1) is 6.92 Å². The molecule has 7 nitrogen and oxygen atoms in total. The molecule has 0 bridgehead atoms. The van der Waals surface area contributed by atoms with Crippen LogP contribution in [0.1, 0.15) is 56.4 Å². The Bertz CT molecular complexity index is 1020. The topological polar surface area (TPSA) is 86.8 Å². The largest absolute Gasteiger partial charge is 0.351 e. The molecule has 2 aliphatic rings. The van der Waals surface area contributed by atoms with Crippen LogP contribution >= 0.6 is 0 Å². The Morgan fingerprint density at radius 2 is 1.48 bits per heavy atom. The number of imide groups is 1. The lowest BCUT2D eigenvalue weighted by atomic mass is 10.0. The van der Waals surface area contributed by atoms with E-state index in [1.165, 1.54) is 0 Å². The van der Waals surface area contributed by atoms with Gasteiger partial charge in [0.2, 0.25) is 5.91 Å². The summed E-state index contributed by atoms with van der Waals surface area (Å²) < 4.78 is 0. The molecule has 7 heteroatoms. The van der Waals surface area contributed by atoms with Crippen molar-refractivity contribution in [3.05, 3.63) is 70.8 Å². The number of nitrogens with zero attached hydrogens (tertiary/aromatic N) is 2. The van der Waals surface area contributed by atoms with Crippen LogP contribution in [0.25, 0.3) is 0 Å². The molecule has 2 aromatic rings. The molecule has 0 aliphatic carbocycles. The van der Waals surface area contributed by atoms with E-state index in [1.807, 2.05) is 31.2 Å². The molecule has 0 aromatic heterocycles. The summed E-state index contributed by atoms with van der Waals surface area (Å²) in [7, 11) is 0. The SMILES string of the molecule is Cc1ccccc1C(=O)N1CCC(NC(=O)C(C)N2C(=O)c3ccccc3C2=O)CC1. The van der Waals surface area contributed by atoms with E-state index in [-0.39, 0.29) is 17.9 Å². The zero-order valence-corrected chi connectivity index (χ0v) is 17.6. The number of amides is 4. The maximum absolute atomic E-state index is 12.8. The molecule has 0 saturated carbocycles. The number of benzene rings is 2. The van der Waals surface area contributed by atoms with Crippen molar-refractivity contribution in [2.24, 2.45) is 0 Å². The summed E-state index contributed by atoms with van der Waals surface area (Å²) in [4.78, 5) is 53.6. The predicted molar refractivity (Wildman–Crippen MR) is 115 cm³/mol. The molecule has 160 valence electrons. The van der Waals surface area contributed by atoms with Crippen LogP contribution in [0.5, 0.6) is 0 Å². The molecular formula is C24H25N3O4. The average molecular weight is 419 g/mol. The Balaban J connectivity index is 1.34. The molecule has 4 rings (SSSR count). The summed E-state index contributed by atoms with van der Waals surface area (Å²) in [5.74, 6) is -1.25. The first-order valence-corrected chi connectivity index (χ1v) is 10.5. The second-order valence-electron chi connectivity index (χ2n) is 8.09. The van der Waals surface area contributed by atoms with Crippen molar-refractivity contribution in [3.8, 4) is 0 Å². The summed E-state index contributed by atoms with van der Waals surface area (Å²) >= 11 is 0. The number of likely N-dealkylation sites (tertiary alicyclic amines) is 1. The van der Waals surface area contributed by atoms with Gasteiger partial charge >= 0.3 is 0 Å². The summed E-state index contributed by atoms with van der Waals surface area (Å²) in [6.07, 6.45) is 1.25. The lowest BCUT2D eigenvalue weighted by Gasteiger charge is -2.33. The van der Waals surface area contributed by atoms with Gasteiger partial charge in [-0.25, -0.2) is 0 Å². The number of piperidine rings is 1. The third kappa shape index (κ3) is 3.83. The number of rotatable bonds is 4. The first-order chi connectivity index (χ1) is 14.9. The van der Waals surface area contributed by atoms with E-state index >= 15 is 0 Å². The highest BCUT2D eigenvalue weighted by Crippen LogP contribution is 2.25. The maximum Gasteiger partial charge on any atom is 0.262 e. The fraction of sp³-hybridized carbons (Fsp3) is 0.333. The normalized spacial score (nSPS) is 17.5. The van der Waals surface area contributed by atoms with Crippen LogP contribution in [0.15, 0.2) is 48.5 Å². The van der Waals surface area contributed by atoms with Gasteiger partial charge in [-0.1, -0.05) is 30.3 Å². The van der Waals surface area contributed by atoms with E-state index in [4.69, 9.17) is 0 Å². The molecule has 1 atom stereocenters. The quantitative estimate of drug-likeness (QED) is 0.771. The molecule has 1 saturated heterocycles. The third-order valence-electron chi connectivity index (χ3n) is 6.10. The van der Waals surface area contributed by atoms with Gasteiger partial charge in [0.25, 0.3) is 17.7 Å². The van der Waals surface area contributed by atoms with Crippen molar-refractivity contribution in [2.75, 3.05) is 13.1 Å². The Morgan fingerprint density at radius 3 is 2.06 bits per heavy atom. The third-order valence-corrected chi connectivity index (χ3v) is 6.10. The highest BCUT2D eigenvalue weighted by Gasteiger charge is 2.41. The van der Waals surface area contributed by atoms with E-state index in [0.717, 1.165) is 10.5 Å². The number of fused-ring (bicyclic) bond motifs is 1. The first kappa shape index (κ1) is 20.8. The van der Waals surface area contributed by atoms with Crippen molar-refractivity contribution in [3.63, 3.8) is 0 Å². The first-order valence-electron chi connectivity index (χ1n) is 10.5. The van der Waals surface area contributed by atoms with Gasteiger partial charge in [-0.15, -0.1) is 0 Å². The van der Waals surface area contributed by atoms with Crippen molar-refractivity contribution in [2.45, 2.75) is 38.8 Å². The zero-order valence-electron chi connectivity index (χ0n) is 17.6. The summed E-state index contributed by atoms with van der Waals surface area (Å²) in [5.41, 5.74) is 2.30. The number of carbonyl (C=O) groups excluding carboxylic acids is 4. The zero-order chi connectivity index (χ0) is 22.1. The van der Waals surface area contributed by atoms with Gasteiger partial charge in [-0.3, -0.25) is 24.1 Å². The molecule has 1 N–H and O–H groups in total. The second kappa shape index (κ2) is 8.34. The van der Waals surface area contributed by atoms with Crippen LogP contribution in [0.3, 0.4) is 0 Å². The minimum absolute atomic E-state index is 0.00210. The number of nitrogens with one attached hydrogen (secondary N) is 1. The Morgan fingerprint density at radius 1 is 0.935 bits per heavy atom. The van der Waals surface area contributed by atoms with Crippen molar-refractivity contribution in [1.82, 2.24) is 15.1 Å². The van der Waals surface area contributed by atoms with Gasteiger partial charge in [0, 0.05) is 24.7 Å². The van der Waals surface area contributed by atoms with E-state index in [0.29, 0.717) is 42.6 Å². The Labute approximate surface area is 181 Å². The molecule has 31 heavy (non-hydrogen) atoms. The van der Waals surface area contributed by atoms with Gasteiger partial charge in [0.1, 0.15) is 6.04 Å². The van der Waals surface area contributed by atoms with Crippen LogP contribution in [-0.4, -0.2) is 58.6 Å². The second-order valence-corrected chi connectivity index (χ2v) is 8.09. The van der Waals surface area contributed by atoms with E-state index < -0.39 is 17.9 Å². The lowest BCUT2D eigenvalue weighted by molar-refractivity contribution is -0.125. The maximum atomic E-state index is 12.8. The van der Waals surface area contributed by atoms with Crippen LogP contribution in [0.2, 0.25) is 0 Å². The summed E-state index contributed by atoms with van der Waals surface area (Å²) in [6.45, 7) is 4.56.